The number of hydrogen-bond donors (Lipinski definition) is 1. The zero-order valence-electron chi connectivity index (χ0n) is 12.7. The van der Waals surface area contributed by atoms with E-state index >= 15 is 0 Å². The summed E-state index contributed by atoms with van der Waals surface area (Å²) in [7, 11) is 0. The molecule has 0 bridgehead atoms. The molecule has 2 aromatic carbocycles. The molecular weight excluding hydrogens is 306 g/mol. The van der Waals surface area contributed by atoms with Crippen molar-refractivity contribution in [3.05, 3.63) is 82.6 Å². The molecule has 3 aromatic rings. The highest BCUT2D eigenvalue weighted by atomic mass is 35.5. The maximum absolute atomic E-state index is 10.1. The summed E-state index contributed by atoms with van der Waals surface area (Å²) in [5.41, 5.74) is 4.30. The largest absolute Gasteiger partial charge is 0.507 e. The molecule has 0 aliphatic carbocycles. The number of hydrogen-bond acceptors (Lipinski definition) is 2. The normalized spacial score (nSPS) is 11.0. The van der Waals surface area contributed by atoms with Crippen molar-refractivity contribution in [2.24, 2.45) is 0 Å². The molecule has 0 amide bonds. The van der Waals surface area contributed by atoms with Crippen molar-refractivity contribution in [2.45, 2.75) is 6.92 Å². The van der Waals surface area contributed by atoms with Gasteiger partial charge in [-0.3, -0.25) is 4.98 Å². The Labute approximate surface area is 140 Å². The number of aryl methyl sites for hydroxylation is 1. The van der Waals surface area contributed by atoms with Crippen molar-refractivity contribution < 1.29 is 5.11 Å². The van der Waals surface area contributed by atoms with E-state index in [0.717, 1.165) is 28.1 Å². The van der Waals surface area contributed by atoms with Crippen LogP contribution in [0.1, 0.15) is 17.0 Å². The third kappa shape index (κ3) is 3.43. The van der Waals surface area contributed by atoms with Crippen LogP contribution in [-0.4, -0.2) is 10.1 Å². The summed E-state index contributed by atoms with van der Waals surface area (Å²) >= 11 is 6.19. The van der Waals surface area contributed by atoms with Crippen molar-refractivity contribution in [1.29, 1.82) is 0 Å². The van der Waals surface area contributed by atoms with Crippen LogP contribution in [0.3, 0.4) is 0 Å². The first-order chi connectivity index (χ1) is 11.1. The molecule has 1 heterocycles. The van der Waals surface area contributed by atoms with Crippen LogP contribution in [0.5, 0.6) is 5.75 Å². The van der Waals surface area contributed by atoms with Gasteiger partial charge in [-0.05, 0) is 36.8 Å². The number of rotatable bonds is 3. The molecular formula is C20H16ClNO. The van der Waals surface area contributed by atoms with Gasteiger partial charge < -0.3 is 5.11 Å². The minimum Gasteiger partial charge on any atom is -0.507 e. The van der Waals surface area contributed by atoms with Gasteiger partial charge in [-0.1, -0.05) is 60.1 Å². The fourth-order valence-electron chi connectivity index (χ4n) is 2.41. The Morgan fingerprint density at radius 3 is 2.39 bits per heavy atom. The first kappa shape index (κ1) is 15.3. The van der Waals surface area contributed by atoms with Crippen LogP contribution in [0, 0.1) is 6.92 Å². The van der Waals surface area contributed by atoms with E-state index in [1.807, 2.05) is 67.6 Å². The molecule has 0 radical (unpaired) electrons. The molecule has 0 spiro atoms. The average Bonchev–Trinajstić information content (AvgIpc) is 2.55. The van der Waals surface area contributed by atoms with Crippen molar-refractivity contribution >= 4 is 23.8 Å². The molecule has 1 N–H and O–H groups in total. The minimum absolute atomic E-state index is 0.241. The van der Waals surface area contributed by atoms with Crippen LogP contribution in [0.4, 0.5) is 0 Å². The predicted octanol–water partition coefficient (Wildman–Crippen LogP) is 5.59. The Morgan fingerprint density at radius 1 is 0.870 bits per heavy atom. The van der Waals surface area contributed by atoms with E-state index in [1.165, 1.54) is 0 Å². The molecule has 0 aliphatic rings. The number of aromatic nitrogens is 1. The quantitative estimate of drug-likeness (QED) is 0.682. The molecule has 1 aromatic heterocycles. The van der Waals surface area contributed by atoms with Crippen molar-refractivity contribution in [3.8, 4) is 16.9 Å². The lowest BCUT2D eigenvalue weighted by Gasteiger charge is -2.09. The number of phenolic OH excluding ortho intramolecular Hbond substituents is 1. The highest BCUT2D eigenvalue weighted by Crippen LogP contribution is 2.31. The van der Waals surface area contributed by atoms with E-state index in [1.54, 1.807) is 12.1 Å². The van der Waals surface area contributed by atoms with Gasteiger partial charge in [0.25, 0.3) is 0 Å². The van der Waals surface area contributed by atoms with Gasteiger partial charge in [0, 0.05) is 21.8 Å². The molecule has 2 nitrogen and oxygen atoms in total. The number of halogens is 1. The number of para-hydroxylation sites is 1. The topological polar surface area (TPSA) is 33.1 Å². The van der Waals surface area contributed by atoms with Gasteiger partial charge in [0.05, 0.1) is 5.69 Å². The van der Waals surface area contributed by atoms with Gasteiger partial charge >= 0.3 is 0 Å². The summed E-state index contributed by atoms with van der Waals surface area (Å²) in [4.78, 5) is 4.59. The van der Waals surface area contributed by atoms with Crippen LogP contribution < -0.4 is 0 Å². The van der Waals surface area contributed by atoms with E-state index in [4.69, 9.17) is 11.6 Å². The zero-order valence-corrected chi connectivity index (χ0v) is 13.5. The smallest absolute Gasteiger partial charge is 0.123 e. The molecule has 3 rings (SSSR count). The molecule has 0 fully saturated rings. The second-order valence-electron chi connectivity index (χ2n) is 5.26. The Morgan fingerprint density at radius 2 is 1.61 bits per heavy atom. The number of nitrogens with zero attached hydrogens (tertiary/aromatic N) is 1. The molecule has 0 saturated heterocycles. The second kappa shape index (κ2) is 6.67. The van der Waals surface area contributed by atoms with Gasteiger partial charge in [0.15, 0.2) is 0 Å². The van der Waals surface area contributed by atoms with Gasteiger partial charge in [-0.2, -0.15) is 0 Å². The molecule has 0 unspecified atom stereocenters. The van der Waals surface area contributed by atoms with E-state index in [9.17, 15) is 5.11 Å². The number of benzene rings is 2. The zero-order chi connectivity index (χ0) is 16.2. The van der Waals surface area contributed by atoms with E-state index < -0.39 is 0 Å². The van der Waals surface area contributed by atoms with E-state index in [-0.39, 0.29) is 5.75 Å². The fourth-order valence-corrected chi connectivity index (χ4v) is 2.61. The highest BCUT2D eigenvalue weighted by molar-refractivity contribution is 6.32. The number of phenols is 1. The summed E-state index contributed by atoms with van der Waals surface area (Å²) < 4.78 is 0. The Bertz CT molecular complexity index is 871. The molecule has 0 atom stereocenters. The predicted molar refractivity (Wildman–Crippen MR) is 96.5 cm³/mol. The van der Waals surface area contributed by atoms with Crippen LogP contribution in [0.2, 0.25) is 5.02 Å². The maximum Gasteiger partial charge on any atom is 0.123 e. The molecule has 0 saturated carbocycles. The molecule has 114 valence electrons. The van der Waals surface area contributed by atoms with Crippen molar-refractivity contribution in [1.82, 2.24) is 4.98 Å². The van der Waals surface area contributed by atoms with E-state index in [0.29, 0.717) is 5.02 Å². The first-order valence-electron chi connectivity index (χ1n) is 7.34. The summed E-state index contributed by atoms with van der Waals surface area (Å²) in [5.74, 6) is 0.241. The standard InChI is InChI=1S/C20H16ClNO/c1-14-10-12-16(17-7-3-5-9-20(17)23)19(22-14)13-11-15-6-2-4-8-18(15)21/h2-13,23H,1H3. The maximum atomic E-state index is 10.1. The van der Waals surface area contributed by atoms with Gasteiger partial charge in [0.2, 0.25) is 0 Å². The molecule has 0 aliphatic heterocycles. The summed E-state index contributed by atoms with van der Waals surface area (Å²) in [6, 6.07) is 18.8. The summed E-state index contributed by atoms with van der Waals surface area (Å²) in [5, 5.41) is 10.8. The number of pyridine rings is 1. The lowest BCUT2D eigenvalue weighted by Crippen LogP contribution is -1.91. The lowest BCUT2D eigenvalue weighted by molar-refractivity contribution is 0.477. The van der Waals surface area contributed by atoms with Crippen LogP contribution >= 0.6 is 11.6 Å². The fraction of sp³-hybridized carbons (Fsp3) is 0.0500. The monoisotopic (exact) mass is 321 g/mol. The Kier molecular flexibility index (Phi) is 4.45. The minimum atomic E-state index is 0.241. The Balaban J connectivity index is 2.07. The second-order valence-corrected chi connectivity index (χ2v) is 5.66. The summed E-state index contributed by atoms with van der Waals surface area (Å²) in [6.07, 6.45) is 3.86. The van der Waals surface area contributed by atoms with Crippen LogP contribution in [0.15, 0.2) is 60.7 Å². The summed E-state index contributed by atoms with van der Waals surface area (Å²) in [6.45, 7) is 1.95. The molecule has 3 heteroatoms. The third-order valence-electron chi connectivity index (χ3n) is 3.58. The lowest BCUT2D eigenvalue weighted by atomic mass is 10.0. The van der Waals surface area contributed by atoms with Gasteiger partial charge in [0.1, 0.15) is 5.75 Å². The first-order valence-corrected chi connectivity index (χ1v) is 7.71. The van der Waals surface area contributed by atoms with Crippen LogP contribution in [-0.2, 0) is 0 Å². The number of aromatic hydroxyl groups is 1. The van der Waals surface area contributed by atoms with Gasteiger partial charge in [-0.25, -0.2) is 0 Å². The van der Waals surface area contributed by atoms with Gasteiger partial charge in [-0.15, -0.1) is 0 Å². The van der Waals surface area contributed by atoms with E-state index in [2.05, 4.69) is 4.98 Å². The third-order valence-corrected chi connectivity index (χ3v) is 3.93. The highest BCUT2D eigenvalue weighted by Gasteiger charge is 2.08. The SMILES string of the molecule is Cc1ccc(-c2ccccc2O)c(C=Cc2ccccc2Cl)n1. The Hall–Kier alpha value is -2.58. The van der Waals surface area contributed by atoms with Crippen molar-refractivity contribution in [3.63, 3.8) is 0 Å². The van der Waals surface area contributed by atoms with Crippen molar-refractivity contribution in [2.75, 3.05) is 0 Å². The molecule has 23 heavy (non-hydrogen) atoms. The van der Waals surface area contributed by atoms with Crippen LogP contribution in [0.25, 0.3) is 23.3 Å². The average molecular weight is 322 g/mol.